The van der Waals surface area contributed by atoms with Crippen molar-refractivity contribution in [1.29, 1.82) is 0 Å². The van der Waals surface area contributed by atoms with Crippen LogP contribution >= 0.6 is 0 Å². The first kappa shape index (κ1) is 20.3. The maximum absolute atomic E-state index is 12.8. The fourth-order valence-corrected chi connectivity index (χ4v) is 4.12. The zero-order chi connectivity index (χ0) is 21.1. The van der Waals surface area contributed by atoms with Gasteiger partial charge in [-0.25, -0.2) is 0 Å². The van der Waals surface area contributed by atoms with Crippen LogP contribution in [0.1, 0.15) is 42.9 Å². The molecule has 2 aromatic heterocycles. The number of hydrogen-bond donors (Lipinski definition) is 0. The Morgan fingerprint density at radius 2 is 1.83 bits per heavy atom. The molecule has 1 fully saturated rings. The van der Waals surface area contributed by atoms with E-state index in [0.29, 0.717) is 25.3 Å². The number of benzene rings is 1. The first-order valence-corrected chi connectivity index (χ1v) is 10.9. The fraction of sp³-hybridized carbons (Fsp3) is 0.478. The number of aryl methyl sites for hydroxylation is 3. The van der Waals surface area contributed by atoms with E-state index in [9.17, 15) is 4.79 Å². The van der Waals surface area contributed by atoms with Gasteiger partial charge in [-0.05, 0) is 24.5 Å². The summed E-state index contributed by atoms with van der Waals surface area (Å²) in [5, 5.41) is 8.60. The standard InChI is InChI=1S/C23H30N6O/c1-4-8-19-16-21(24-23-26-25-20(5-2)29(19)23)27-11-13-28(14-12-27)22(30)15-18-10-7-6-9-17(18)3/h6-7,9-10,16H,4-5,8,11-15H2,1-3H3. The summed E-state index contributed by atoms with van der Waals surface area (Å²) in [6, 6.07) is 10.3. The molecule has 7 heteroatoms. The molecule has 158 valence electrons. The van der Waals surface area contributed by atoms with Gasteiger partial charge in [-0.1, -0.05) is 44.5 Å². The van der Waals surface area contributed by atoms with Crippen LogP contribution in [0.15, 0.2) is 30.3 Å². The van der Waals surface area contributed by atoms with Gasteiger partial charge in [-0.2, -0.15) is 4.98 Å². The van der Waals surface area contributed by atoms with Gasteiger partial charge >= 0.3 is 0 Å². The van der Waals surface area contributed by atoms with Gasteiger partial charge in [0.05, 0.1) is 6.42 Å². The third kappa shape index (κ3) is 4.01. The number of rotatable bonds is 6. The largest absolute Gasteiger partial charge is 0.353 e. The number of fused-ring (bicyclic) bond motifs is 1. The summed E-state index contributed by atoms with van der Waals surface area (Å²) in [5.41, 5.74) is 3.49. The van der Waals surface area contributed by atoms with Gasteiger partial charge < -0.3 is 9.80 Å². The number of piperazine rings is 1. The average Bonchev–Trinajstić information content (AvgIpc) is 3.19. The van der Waals surface area contributed by atoms with Crippen LogP contribution < -0.4 is 4.90 Å². The molecular formula is C23H30N6O. The molecule has 30 heavy (non-hydrogen) atoms. The van der Waals surface area contributed by atoms with Crippen molar-refractivity contribution in [3.8, 4) is 0 Å². The maximum Gasteiger partial charge on any atom is 0.257 e. The molecule has 0 saturated carbocycles. The third-order valence-electron chi connectivity index (χ3n) is 5.89. The highest BCUT2D eigenvalue weighted by Crippen LogP contribution is 2.20. The predicted molar refractivity (Wildman–Crippen MR) is 118 cm³/mol. The normalized spacial score (nSPS) is 14.5. The van der Waals surface area contributed by atoms with Crippen molar-refractivity contribution in [3.05, 3.63) is 53.0 Å². The molecule has 3 heterocycles. The van der Waals surface area contributed by atoms with E-state index >= 15 is 0 Å². The number of anilines is 1. The number of carbonyl (C=O) groups is 1. The van der Waals surface area contributed by atoms with E-state index in [-0.39, 0.29) is 5.91 Å². The second-order valence-corrected chi connectivity index (χ2v) is 7.93. The molecule has 1 saturated heterocycles. The molecular weight excluding hydrogens is 376 g/mol. The average molecular weight is 407 g/mol. The van der Waals surface area contributed by atoms with Gasteiger partial charge in [0.25, 0.3) is 5.78 Å². The highest BCUT2D eigenvalue weighted by Gasteiger charge is 2.23. The SMILES string of the molecule is CCCc1cc(N2CCN(C(=O)Cc3ccccc3C)CC2)nc2nnc(CC)n12. The van der Waals surface area contributed by atoms with E-state index in [1.54, 1.807) is 0 Å². The minimum atomic E-state index is 0.198. The van der Waals surface area contributed by atoms with Crippen molar-refractivity contribution in [2.75, 3.05) is 31.1 Å². The molecule has 1 aliphatic heterocycles. The van der Waals surface area contributed by atoms with Crippen LogP contribution in [0.2, 0.25) is 0 Å². The quantitative estimate of drug-likeness (QED) is 0.630. The Bertz CT molecular complexity index is 1040. The Labute approximate surface area is 177 Å². The lowest BCUT2D eigenvalue weighted by Gasteiger charge is -2.35. The smallest absolute Gasteiger partial charge is 0.257 e. The second kappa shape index (κ2) is 8.81. The Hall–Kier alpha value is -2.96. The van der Waals surface area contributed by atoms with Gasteiger partial charge in [0, 0.05) is 44.4 Å². The minimum absolute atomic E-state index is 0.198. The summed E-state index contributed by atoms with van der Waals surface area (Å²) in [6.07, 6.45) is 3.32. The number of amides is 1. The summed E-state index contributed by atoms with van der Waals surface area (Å²) in [4.78, 5) is 21.8. The predicted octanol–water partition coefficient (Wildman–Crippen LogP) is 2.84. The Morgan fingerprint density at radius 3 is 2.53 bits per heavy atom. The molecule has 1 aliphatic rings. The van der Waals surface area contributed by atoms with Crippen molar-refractivity contribution in [2.45, 2.75) is 46.5 Å². The zero-order valence-electron chi connectivity index (χ0n) is 18.1. The van der Waals surface area contributed by atoms with Gasteiger partial charge in [0.15, 0.2) is 0 Å². The molecule has 0 atom stereocenters. The topological polar surface area (TPSA) is 66.6 Å². The number of nitrogens with zero attached hydrogens (tertiary/aromatic N) is 6. The number of aromatic nitrogens is 4. The lowest BCUT2D eigenvalue weighted by atomic mass is 10.1. The summed E-state index contributed by atoms with van der Waals surface area (Å²) < 4.78 is 2.09. The van der Waals surface area contributed by atoms with Crippen molar-refractivity contribution in [3.63, 3.8) is 0 Å². The van der Waals surface area contributed by atoms with Crippen LogP contribution in [0.5, 0.6) is 0 Å². The number of hydrogen-bond acceptors (Lipinski definition) is 5. The Balaban J connectivity index is 1.46. The zero-order valence-corrected chi connectivity index (χ0v) is 18.1. The molecule has 0 spiro atoms. The van der Waals surface area contributed by atoms with Gasteiger partial charge in [0.1, 0.15) is 11.6 Å². The van der Waals surface area contributed by atoms with Crippen LogP contribution in [-0.2, 0) is 24.1 Å². The molecule has 7 nitrogen and oxygen atoms in total. The van der Waals surface area contributed by atoms with E-state index in [2.05, 4.69) is 52.4 Å². The van der Waals surface area contributed by atoms with Crippen LogP contribution in [0.25, 0.3) is 5.78 Å². The van der Waals surface area contributed by atoms with E-state index in [1.165, 1.54) is 11.3 Å². The molecule has 1 amide bonds. The highest BCUT2D eigenvalue weighted by molar-refractivity contribution is 5.79. The monoisotopic (exact) mass is 406 g/mol. The summed E-state index contributed by atoms with van der Waals surface area (Å²) >= 11 is 0. The van der Waals surface area contributed by atoms with E-state index in [0.717, 1.165) is 49.6 Å². The van der Waals surface area contributed by atoms with E-state index in [4.69, 9.17) is 4.98 Å². The minimum Gasteiger partial charge on any atom is -0.353 e. The van der Waals surface area contributed by atoms with Crippen LogP contribution in [0.4, 0.5) is 5.82 Å². The third-order valence-corrected chi connectivity index (χ3v) is 5.89. The molecule has 0 radical (unpaired) electrons. The molecule has 3 aromatic rings. The van der Waals surface area contributed by atoms with Gasteiger partial charge in [-0.15, -0.1) is 10.2 Å². The van der Waals surface area contributed by atoms with E-state index in [1.807, 2.05) is 23.1 Å². The number of carbonyl (C=O) groups excluding carboxylic acids is 1. The molecule has 1 aromatic carbocycles. The summed E-state index contributed by atoms with van der Waals surface area (Å²) in [6.45, 7) is 9.33. The van der Waals surface area contributed by atoms with Crippen molar-refractivity contribution in [1.82, 2.24) is 24.5 Å². The van der Waals surface area contributed by atoms with Crippen molar-refractivity contribution in [2.24, 2.45) is 0 Å². The summed E-state index contributed by atoms with van der Waals surface area (Å²) in [5.74, 6) is 2.76. The van der Waals surface area contributed by atoms with Crippen molar-refractivity contribution < 1.29 is 4.79 Å². The maximum atomic E-state index is 12.8. The fourth-order valence-electron chi connectivity index (χ4n) is 4.12. The lowest BCUT2D eigenvalue weighted by molar-refractivity contribution is -0.130. The lowest BCUT2D eigenvalue weighted by Crippen LogP contribution is -2.49. The Morgan fingerprint density at radius 1 is 1.07 bits per heavy atom. The second-order valence-electron chi connectivity index (χ2n) is 7.93. The van der Waals surface area contributed by atoms with Gasteiger partial charge in [-0.3, -0.25) is 9.20 Å². The van der Waals surface area contributed by atoms with Crippen LogP contribution in [0, 0.1) is 6.92 Å². The van der Waals surface area contributed by atoms with Crippen molar-refractivity contribution >= 4 is 17.5 Å². The Kier molecular flexibility index (Phi) is 5.97. The molecule has 0 aliphatic carbocycles. The van der Waals surface area contributed by atoms with Gasteiger partial charge in [0.2, 0.25) is 5.91 Å². The molecule has 4 rings (SSSR count). The van der Waals surface area contributed by atoms with Crippen LogP contribution in [-0.4, -0.2) is 56.6 Å². The molecule has 0 N–H and O–H groups in total. The van der Waals surface area contributed by atoms with Crippen LogP contribution in [0.3, 0.4) is 0 Å². The molecule has 0 bridgehead atoms. The summed E-state index contributed by atoms with van der Waals surface area (Å²) in [7, 11) is 0. The first-order chi connectivity index (χ1) is 14.6. The highest BCUT2D eigenvalue weighted by atomic mass is 16.2. The molecule has 0 unspecified atom stereocenters. The van der Waals surface area contributed by atoms with E-state index < -0.39 is 0 Å². The first-order valence-electron chi connectivity index (χ1n) is 10.9.